The average molecular weight is 156 g/mol. The van der Waals surface area contributed by atoms with Crippen LogP contribution in [0.3, 0.4) is 0 Å². The van der Waals surface area contributed by atoms with Crippen molar-refractivity contribution in [2.45, 2.75) is 20.0 Å². The van der Waals surface area contributed by atoms with E-state index in [4.69, 9.17) is 9.47 Å². The second-order valence-corrected chi connectivity index (χ2v) is 3.28. The van der Waals surface area contributed by atoms with Crippen molar-refractivity contribution < 1.29 is 14.3 Å². The zero-order chi connectivity index (χ0) is 8.48. The summed E-state index contributed by atoms with van der Waals surface area (Å²) >= 11 is 0. The SMILES string of the molecule is C=COC1C(=O)OCC1(C)C. The Balaban J connectivity index is 2.71. The molecule has 0 aromatic heterocycles. The highest BCUT2D eigenvalue weighted by atomic mass is 16.6. The van der Waals surface area contributed by atoms with Crippen LogP contribution < -0.4 is 0 Å². The Labute approximate surface area is 66.0 Å². The van der Waals surface area contributed by atoms with Crippen molar-refractivity contribution in [1.29, 1.82) is 0 Å². The number of hydrogen-bond acceptors (Lipinski definition) is 3. The fourth-order valence-electron chi connectivity index (χ4n) is 1.06. The molecule has 0 saturated carbocycles. The van der Waals surface area contributed by atoms with E-state index in [0.29, 0.717) is 6.61 Å². The van der Waals surface area contributed by atoms with Crippen molar-refractivity contribution in [2.75, 3.05) is 6.61 Å². The summed E-state index contributed by atoms with van der Waals surface area (Å²) in [6, 6.07) is 0. The van der Waals surface area contributed by atoms with Crippen LogP contribution in [0, 0.1) is 5.41 Å². The Morgan fingerprint density at radius 2 is 2.45 bits per heavy atom. The molecule has 0 aromatic carbocycles. The van der Waals surface area contributed by atoms with Gasteiger partial charge in [0.15, 0.2) is 0 Å². The summed E-state index contributed by atoms with van der Waals surface area (Å²) in [5, 5.41) is 0. The molecule has 1 aliphatic heterocycles. The first kappa shape index (κ1) is 8.11. The van der Waals surface area contributed by atoms with Gasteiger partial charge in [-0.1, -0.05) is 20.4 Å². The van der Waals surface area contributed by atoms with E-state index in [1.54, 1.807) is 0 Å². The lowest BCUT2D eigenvalue weighted by atomic mass is 9.90. The largest absolute Gasteiger partial charge is 0.486 e. The Morgan fingerprint density at radius 3 is 2.82 bits per heavy atom. The van der Waals surface area contributed by atoms with Gasteiger partial charge in [0.1, 0.15) is 6.61 Å². The highest BCUT2D eigenvalue weighted by Crippen LogP contribution is 2.30. The van der Waals surface area contributed by atoms with Gasteiger partial charge in [-0.05, 0) is 0 Å². The molecule has 0 amide bonds. The minimum absolute atomic E-state index is 0.231. The van der Waals surface area contributed by atoms with E-state index in [1.807, 2.05) is 13.8 Å². The smallest absolute Gasteiger partial charge is 0.348 e. The Bertz CT molecular complexity index is 184. The van der Waals surface area contributed by atoms with Gasteiger partial charge in [0.2, 0.25) is 6.10 Å². The molecule has 3 nitrogen and oxygen atoms in total. The number of ether oxygens (including phenoxy) is 2. The third-order valence-corrected chi connectivity index (χ3v) is 1.74. The second-order valence-electron chi connectivity index (χ2n) is 3.28. The van der Waals surface area contributed by atoms with Crippen LogP contribution in [0.4, 0.5) is 0 Å². The highest BCUT2D eigenvalue weighted by Gasteiger charge is 2.44. The van der Waals surface area contributed by atoms with Gasteiger partial charge in [-0.3, -0.25) is 0 Å². The van der Waals surface area contributed by atoms with Crippen LogP contribution in [0.25, 0.3) is 0 Å². The van der Waals surface area contributed by atoms with Crippen molar-refractivity contribution in [3.05, 3.63) is 12.8 Å². The van der Waals surface area contributed by atoms with Crippen molar-refractivity contribution in [2.24, 2.45) is 5.41 Å². The summed E-state index contributed by atoms with van der Waals surface area (Å²) < 4.78 is 9.84. The Morgan fingerprint density at radius 1 is 1.82 bits per heavy atom. The molecule has 3 heteroatoms. The molecule has 1 unspecified atom stereocenters. The molecule has 0 aliphatic carbocycles. The minimum Gasteiger partial charge on any atom is -0.486 e. The van der Waals surface area contributed by atoms with E-state index in [1.165, 1.54) is 6.26 Å². The number of carbonyl (C=O) groups is 1. The van der Waals surface area contributed by atoms with Gasteiger partial charge in [0.25, 0.3) is 0 Å². The first-order valence-corrected chi connectivity index (χ1v) is 3.51. The maximum absolute atomic E-state index is 11.0. The lowest BCUT2D eigenvalue weighted by Gasteiger charge is -2.20. The molecule has 0 N–H and O–H groups in total. The summed E-state index contributed by atoms with van der Waals surface area (Å²) in [6.07, 6.45) is 0.791. The first-order valence-electron chi connectivity index (χ1n) is 3.51. The van der Waals surface area contributed by atoms with Crippen LogP contribution in [0.1, 0.15) is 13.8 Å². The molecule has 1 fully saturated rings. The predicted molar refractivity (Wildman–Crippen MR) is 39.8 cm³/mol. The number of carbonyl (C=O) groups excluding carboxylic acids is 1. The predicted octanol–water partition coefficient (Wildman–Crippen LogP) is 1.10. The molecule has 1 aliphatic rings. The lowest BCUT2D eigenvalue weighted by Crippen LogP contribution is -2.31. The number of rotatable bonds is 2. The zero-order valence-electron chi connectivity index (χ0n) is 6.79. The highest BCUT2D eigenvalue weighted by molar-refractivity contribution is 5.77. The van der Waals surface area contributed by atoms with Gasteiger partial charge >= 0.3 is 5.97 Å². The maximum Gasteiger partial charge on any atom is 0.348 e. The number of cyclic esters (lactones) is 1. The topological polar surface area (TPSA) is 35.5 Å². The molecule has 1 saturated heterocycles. The maximum atomic E-state index is 11.0. The summed E-state index contributed by atoms with van der Waals surface area (Å²) in [5.41, 5.74) is -0.231. The van der Waals surface area contributed by atoms with E-state index < -0.39 is 6.10 Å². The van der Waals surface area contributed by atoms with Crippen LogP contribution in [0.5, 0.6) is 0 Å². The van der Waals surface area contributed by atoms with E-state index in [0.717, 1.165) is 0 Å². The molecule has 62 valence electrons. The van der Waals surface area contributed by atoms with E-state index in [2.05, 4.69) is 6.58 Å². The zero-order valence-corrected chi connectivity index (χ0v) is 6.79. The van der Waals surface area contributed by atoms with Crippen LogP contribution >= 0.6 is 0 Å². The molecule has 11 heavy (non-hydrogen) atoms. The van der Waals surface area contributed by atoms with Crippen molar-refractivity contribution >= 4 is 5.97 Å². The number of hydrogen-bond donors (Lipinski definition) is 0. The van der Waals surface area contributed by atoms with Gasteiger partial charge in [-0.2, -0.15) is 0 Å². The average Bonchev–Trinajstić information content (AvgIpc) is 2.16. The van der Waals surface area contributed by atoms with Crippen LogP contribution in [-0.2, 0) is 14.3 Å². The molecule has 1 rings (SSSR count). The van der Waals surface area contributed by atoms with Crippen molar-refractivity contribution in [3.8, 4) is 0 Å². The standard InChI is InChI=1S/C8H12O3/c1-4-10-6-7(9)11-5-8(6,2)3/h4,6H,1,5H2,2-3H3. The van der Waals surface area contributed by atoms with E-state index in [-0.39, 0.29) is 11.4 Å². The molecule has 0 spiro atoms. The van der Waals surface area contributed by atoms with Crippen molar-refractivity contribution in [1.82, 2.24) is 0 Å². The van der Waals surface area contributed by atoms with Gasteiger partial charge in [0.05, 0.1) is 6.26 Å². The third kappa shape index (κ3) is 1.37. The van der Waals surface area contributed by atoms with Crippen LogP contribution in [0.2, 0.25) is 0 Å². The summed E-state index contributed by atoms with van der Waals surface area (Å²) in [6.45, 7) is 7.66. The van der Waals surface area contributed by atoms with Gasteiger partial charge < -0.3 is 9.47 Å². The van der Waals surface area contributed by atoms with Gasteiger partial charge in [-0.15, -0.1) is 0 Å². The van der Waals surface area contributed by atoms with E-state index in [9.17, 15) is 4.79 Å². The molecular formula is C8H12O3. The minimum atomic E-state index is -0.486. The molecule has 1 atom stereocenters. The molecule has 0 radical (unpaired) electrons. The van der Waals surface area contributed by atoms with Crippen LogP contribution in [-0.4, -0.2) is 18.7 Å². The quantitative estimate of drug-likeness (QED) is 0.443. The van der Waals surface area contributed by atoms with Gasteiger partial charge in [-0.25, -0.2) is 4.79 Å². The van der Waals surface area contributed by atoms with E-state index >= 15 is 0 Å². The molecule has 0 bridgehead atoms. The normalized spacial score (nSPS) is 27.8. The van der Waals surface area contributed by atoms with Gasteiger partial charge in [0, 0.05) is 5.41 Å². The second kappa shape index (κ2) is 2.57. The first-order chi connectivity index (χ1) is 5.08. The number of esters is 1. The van der Waals surface area contributed by atoms with Crippen molar-refractivity contribution in [3.63, 3.8) is 0 Å². The summed E-state index contributed by atoms with van der Waals surface area (Å²) in [4.78, 5) is 11.0. The van der Waals surface area contributed by atoms with Crippen LogP contribution in [0.15, 0.2) is 12.8 Å². The fourth-order valence-corrected chi connectivity index (χ4v) is 1.06. The monoisotopic (exact) mass is 156 g/mol. The molecular weight excluding hydrogens is 144 g/mol. The molecule has 0 aromatic rings. The fraction of sp³-hybridized carbons (Fsp3) is 0.625. The Kier molecular flexibility index (Phi) is 1.89. The third-order valence-electron chi connectivity index (χ3n) is 1.74. The summed E-state index contributed by atoms with van der Waals surface area (Å²) in [5.74, 6) is -0.296. The summed E-state index contributed by atoms with van der Waals surface area (Å²) in [7, 11) is 0. The molecule has 1 heterocycles. The lowest BCUT2D eigenvalue weighted by molar-refractivity contribution is -0.145. The Hall–Kier alpha value is -0.990.